The van der Waals surface area contributed by atoms with Crippen LogP contribution in [0.3, 0.4) is 0 Å². The van der Waals surface area contributed by atoms with Crippen molar-refractivity contribution in [3.05, 3.63) is 0 Å². The first-order valence-corrected chi connectivity index (χ1v) is 7.92. The molecule has 20 heavy (non-hydrogen) atoms. The highest BCUT2D eigenvalue weighted by atomic mass is 16.5. The largest absolute Gasteiger partial charge is 0.379 e. The molecule has 0 unspecified atom stereocenters. The highest BCUT2D eigenvalue weighted by molar-refractivity contribution is 5.81. The highest BCUT2D eigenvalue weighted by Gasteiger charge is 2.26. The van der Waals surface area contributed by atoms with E-state index in [0.29, 0.717) is 13.2 Å². The van der Waals surface area contributed by atoms with E-state index in [1.165, 1.54) is 0 Å². The maximum atomic E-state index is 12.1. The monoisotopic (exact) mass is 286 g/mol. The van der Waals surface area contributed by atoms with Crippen LogP contribution in [0.25, 0.3) is 0 Å². The zero-order valence-electron chi connectivity index (χ0n) is 13.0. The first-order chi connectivity index (χ1) is 9.69. The molecule has 0 aromatic rings. The average Bonchev–Trinajstić information content (AvgIpc) is 2.49. The Kier molecular flexibility index (Phi) is 8.82. The van der Waals surface area contributed by atoms with E-state index in [1.54, 1.807) is 0 Å². The molecule has 5 nitrogen and oxygen atoms in total. The van der Waals surface area contributed by atoms with Gasteiger partial charge in [0, 0.05) is 19.7 Å². The number of nitrogens with two attached hydrogens (primary N) is 1. The first kappa shape index (κ1) is 17.4. The van der Waals surface area contributed by atoms with Crippen LogP contribution in [0.4, 0.5) is 0 Å². The van der Waals surface area contributed by atoms with Crippen LogP contribution in [0, 0.1) is 0 Å². The van der Waals surface area contributed by atoms with Gasteiger partial charge in [0.05, 0.1) is 25.4 Å². The van der Waals surface area contributed by atoms with Crippen LogP contribution in [-0.4, -0.2) is 55.9 Å². The van der Waals surface area contributed by atoms with Gasteiger partial charge in [-0.1, -0.05) is 19.8 Å². The van der Waals surface area contributed by atoms with E-state index in [1.807, 2.05) is 11.8 Å². The molecule has 1 fully saturated rings. The standard InChI is InChI=1S/C15H30N2O3/c1-3-5-6-14(16)15(18)17-9-7-13(8-10-17)20-12-11-19-4-2/h13-14H,3-12,16H2,1-2H3/t14-/m0/s1. The van der Waals surface area contributed by atoms with Gasteiger partial charge >= 0.3 is 0 Å². The molecule has 0 saturated carbocycles. The minimum Gasteiger partial charge on any atom is -0.379 e. The van der Waals surface area contributed by atoms with Crippen molar-refractivity contribution in [2.75, 3.05) is 32.9 Å². The molecule has 118 valence electrons. The average molecular weight is 286 g/mol. The second kappa shape index (κ2) is 10.1. The molecule has 1 heterocycles. The first-order valence-electron chi connectivity index (χ1n) is 7.92. The molecule has 5 heteroatoms. The van der Waals surface area contributed by atoms with E-state index < -0.39 is 0 Å². The number of likely N-dealkylation sites (tertiary alicyclic amines) is 1. The van der Waals surface area contributed by atoms with Crippen molar-refractivity contribution in [1.82, 2.24) is 4.90 Å². The summed E-state index contributed by atoms with van der Waals surface area (Å²) in [7, 11) is 0. The lowest BCUT2D eigenvalue weighted by Gasteiger charge is -2.33. The van der Waals surface area contributed by atoms with Gasteiger partial charge in [0.15, 0.2) is 0 Å². The number of nitrogens with zero attached hydrogens (tertiary/aromatic N) is 1. The van der Waals surface area contributed by atoms with E-state index >= 15 is 0 Å². The van der Waals surface area contributed by atoms with Gasteiger partial charge in [-0.15, -0.1) is 0 Å². The van der Waals surface area contributed by atoms with Crippen LogP contribution < -0.4 is 5.73 Å². The lowest BCUT2D eigenvalue weighted by molar-refractivity contribution is -0.135. The summed E-state index contributed by atoms with van der Waals surface area (Å²) in [5.74, 6) is 0.103. The Morgan fingerprint density at radius 2 is 2.00 bits per heavy atom. The molecule has 1 aliphatic rings. The van der Waals surface area contributed by atoms with Gasteiger partial charge < -0.3 is 20.1 Å². The Balaban J connectivity index is 2.19. The highest BCUT2D eigenvalue weighted by Crippen LogP contribution is 2.15. The molecular formula is C15H30N2O3. The van der Waals surface area contributed by atoms with Crippen LogP contribution >= 0.6 is 0 Å². The Morgan fingerprint density at radius 3 is 2.60 bits per heavy atom. The summed E-state index contributed by atoms with van der Waals surface area (Å²) in [5, 5.41) is 0. The molecule has 1 amide bonds. The fraction of sp³-hybridized carbons (Fsp3) is 0.933. The van der Waals surface area contributed by atoms with Gasteiger partial charge in [0.25, 0.3) is 0 Å². The Labute approximate surface area is 122 Å². The lowest BCUT2D eigenvalue weighted by Crippen LogP contribution is -2.48. The second-order valence-corrected chi connectivity index (χ2v) is 5.34. The summed E-state index contributed by atoms with van der Waals surface area (Å²) >= 11 is 0. The summed E-state index contributed by atoms with van der Waals surface area (Å²) in [6.07, 6.45) is 4.95. The number of hydrogen-bond acceptors (Lipinski definition) is 4. The molecule has 0 radical (unpaired) electrons. The smallest absolute Gasteiger partial charge is 0.239 e. The summed E-state index contributed by atoms with van der Waals surface area (Å²) in [6.45, 7) is 7.63. The molecule has 2 N–H and O–H groups in total. The van der Waals surface area contributed by atoms with Crippen molar-refractivity contribution in [2.45, 2.75) is 58.1 Å². The Morgan fingerprint density at radius 1 is 1.30 bits per heavy atom. The van der Waals surface area contributed by atoms with Crippen LogP contribution in [0.2, 0.25) is 0 Å². The number of unbranched alkanes of at least 4 members (excludes halogenated alkanes) is 1. The van der Waals surface area contributed by atoms with E-state index in [-0.39, 0.29) is 18.1 Å². The maximum Gasteiger partial charge on any atom is 0.239 e. The SMILES string of the molecule is CCCC[C@H](N)C(=O)N1CCC(OCCOCC)CC1. The molecule has 0 aliphatic carbocycles. The van der Waals surface area contributed by atoms with Crippen LogP contribution in [0.5, 0.6) is 0 Å². The van der Waals surface area contributed by atoms with E-state index in [9.17, 15) is 4.79 Å². The van der Waals surface area contributed by atoms with E-state index in [2.05, 4.69) is 6.92 Å². The number of amides is 1. The quantitative estimate of drug-likeness (QED) is 0.653. The van der Waals surface area contributed by atoms with E-state index in [4.69, 9.17) is 15.2 Å². The molecular weight excluding hydrogens is 256 g/mol. The maximum absolute atomic E-state index is 12.1. The zero-order valence-corrected chi connectivity index (χ0v) is 13.0. The fourth-order valence-electron chi connectivity index (χ4n) is 2.44. The van der Waals surface area contributed by atoms with Gasteiger partial charge in [-0.2, -0.15) is 0 Å². The van der Waals surface area contributed by atoms with Gasteiger partial charge in [-0.25, -0.2) is 0 Å². The van der Waals surface area contributed by atoms with Crippen molar-refractivity contribution in [3.8, 4) is 0 Å². The number of carbonyl (C=O) groups excluding carboxylic acids is 1. The molecule has 1 atom stereocenters. The predicted octanol–water partition coefficient (Wildman–Crippen LogP) is 1.55. The fourth-order valence-corrected chi connectivity index (χ4v) is 2.44. The van der Waals surface area contributed by atoms with Crippen LogP contribution in [0.15, 0.2) is 0 Å². The number of hydrogen-bond donors (Lipinski definition) is 1. The zero-order chi connectivity index (χ0) is 14.8. The van der Waals surface area contributed by atoms with Crippen molar-refractivity contribution in [2.24, 2.45) is 5.73 Å². The van der Waals surface area contributed by atoms with E-state index in [0.717, 1.165) is 51.8 Å². The molecule has 1 saturated heterocycles. The predicted molar refractivity (Wildman–Crippen MR) is 79.5 cm³/mol. The minimum absolute atomic E-state index is 0.103. The topological polar surface area (TPSA) is 64.8 Å². The third kappa shape index (κ3) is 6.20. The Bertz CT molecular complexity index is 266. The van der Waals surface area contributed by atoms with Crippen LogP contribution in [0.1, 0.15) is 46.0 Å². The van der Waals surface area contributed by atoms with Crippen molar-refractivity contribution >= 4 is 5.91 Å². The van der Waals surface area contributed by atoms with Gasteiger partial charge in [-0.05, 0) is 26.2 Å². The van der Waals surface area contributed by atoms with Crippen molar-refractivity contribution in [3.63, 3.8) is 0 Å². The number of ether oxygens (including phenoxy) is 2. The van der Waals surface area contributed by atoms with Crippen molar-refractivity contribution in [1.29, 1.82) is 0 Å². The third-order valence-corrected chi connectivity index (χ3v) is 3.72. The van der Waals surface area contributed by atoms with Gasteiger partial charge in [0.1, 0.15) is 0 Å². The second-order valence-electron chi connectivity index (χ2n) is 5.34. The molecule has 0 spiro atoms. The molecule has 0 bridgehead atoms. The third-order valence-electron chi connectivity index (χ3n) is 3.72. The van der Waals surface area contributed by atoms with Crippen LogP contribution in [-0.2, 0) is 14.3 Å². The molecule has 0 aromatic carbocycles. The lowest BCUT2D eigenvalue weighted by atomic mass is 10.0. The summed E-state index contributed by atoms with van der Waals surface area (Å²) < 4.78 is 11.0. The molecule has 1 aliphatic heterocycles. The summed E-state index contributed by atoms with van der Waals surface area (Å²) in [6, 6.07) is -0.328. The minimum atomic E-state index is -0.328. The summed E-state index contributed by atoms with van der Waals surface area (Å²) in [5.41, 5.74) is 5.94. The molecule has 1 rings (SSSR count). The number of rotatable bonds is 9. The molecule has 0 aromatic heterocycles. The van der Waals surface area contributed by atoms with Gasteiger partial charge in [0.2, 0.25) is 5.91 Å². The summed E-state index contributed by atoms with van der Waals surface area (Å²) in [4.78, 5) is 14.0. The number of piperidine rings is 1. The van der Waals surface area contributed by atoms with Gasteiger partial charge in [-0.3, -0.25) is 4.79 Å². The van der Waals surface area contributed by atoms with Crippen molar-refractivity contribution < 1.29 is 14.3 Å². The Hall–Kier alpha value is -0.650. The number of carbonyl (C=O) groups is 1. The normalized spacial score (nSPS) is 18.2.